The number of sulfonamides is 1. The Kier molecular flexibility index (Phi) is 9.40. The van der Waals surface area contributed by atoms with Crippen molar-refractivity contribution in [3.63, 3.8) is 0 Å². The van der Waals surface area contributed by atoms with Gasteiger partial charge in [0.25, 0.3) is 21.8 Å². The maximum atomic E-state index is 13.7. The van der Waals surface area contributed by atoms with Crippen molar-refractivity contribution in [3.8, 4) is 0 Å². The fourth-order valence-electron chi connectivity index (χ4n) is 4.98. The van der Waals surface area contributed by atoms with E-state index in [4.69, 9.17) is 27.9 Å². The standard InChI is InChI=1S/C31H27Cl2N3O7S/c32-22-15-23(33)17-24(16-22)44(41,42)36(19-29(37)38)28-9-3-6-25-26(28)7-2-8-27(25)30(39)34-18-20-4-1-5-21(14-20)31(40)35-10-12-43-13-11-35/h1-9,14-17H,10-13,18-19H2,(H,34,39)(H,37,38). The first kappa shape index (κ1) is 31.3. The van der Waals surface area contributed by atoms with E-state index in [9.17, 15) is 27.9 Å². The van der Waals surface area contributed by atoms with E-state index < -0.39 is 28.4 Å². The molecule has 4 aromatic carbocycles. The second kappa shape index (κ2) is 13.2. The molecule has 0 aromatic heterocycles. The molecule has 1 heterocycles. The number of nitrogens with zero attached hydrogens (tertiary/aromatic N) is 2. The van der Waals surface area contributed by atoms with Crippen LogP contribution in [-0.4, -0.2) is 69.1 Å². The monoisotopic (exact) mass is 655 g/mol. The third-order valence-electron chi connectivity index (χ3n) is 7.04. The quantitative estimate of drug-likeness (QED) is 0.264. The Bertz CT molecular complexity index is 1840. The first-order valence-electron chi connectivity index (χ1n) is 13.5. The third-order valence-corrected chi connectivity index (χ3v) is 9.21. The molecule has 5 rings (SSSR count). The molecule has 0 aliphatic carbocycles. The SMILES string of the molecule is O=C(O)CN(c1cccc2c(C(=O)NCc3cccc(C(=O)N4CCOCC4)c3)cccc12)S(=O)(=O)c1cc(Cl)cc(Cl)c1. The van der Waals surface area contributed by atoms with Gasteiger partial charge < -0.3 is 20.1 Å². The number of anilines is 1. The Hall–Kier alpha value is -4.16. The maximum Gasteiger partial charge on any atom is 0.324 e. The summed E-state index contributed by atoms with van der Waals surface area (Å²) in [6, 6.07) is 20.2. The number of carboxylic acids is 1. The molecule has 44 heavy (non-hydrogen) atoms. The number of carbonyl (C=O) groups excluding carboxylic acids is 2. The Morgan fingerprint density at radius 1 is 0.886 bits per heavy atom. The van der Waals surface area contributed by atoms with Crippen molar-refractivity contribution in [2.45, 2.75) is 11.4 Å². The zero-order chi connectivity index (χ0) is 31.4. The summed E-state index contributed by atoms with van der Waals surface area (Å²) < 4.78 is 33.5. The second-order valence-electron chi connectivity index (χ2n) is 9.98. The van der Waals surface area contributed by atoms with E-state index in [1.54, 1.807) is 59.5 Å². The fourth-order valence-corrected chi connectivity index (χ4v) is 7.14. The fraction of sp³-hybridized carbons (Fsp3) is 0.194. The van der Waals surface area contributed by atoms with Gasteiger partial charge in [0.1, 0.15) is 6.54 Å². The van der Waals surface area contributed by atoms with Crippen LogP contribution in [0.15, 0.2) is 83.8 Å². The molecule has 0 unspecified atom stereocenters. The number of rotatable bonds is 9. The van der Waals surface area contributed by atoms with E-state index >= 15 is 0 Å². The molecule has 0 bridgehead atoms. The normalized spacial score (nSPS) is 13.5. The van der Waals surface area contributed by atoms with Gasteiger partial charge >= 0.3 is 5.97 Å². The Balaban J connectivity index is 1.43. The molecule has 4 aromatic rings. The highest BCUT2D eigenvalue weighted by Crippen LogP contribution is 2.34. The average molecular weight is 657 g/mol. The largest absolute Gasteiger partial charge is 0.480 e. The van der Waals surface area contributed by atoms with Gasteiger partial charge in [-0.1, -0.05) is 59.6 Å². The molecule has 1 saturated heterocycles. The first-order chi connectivity index (χ1) is 21.0. The van der Waals surface area contributed by atoms with Crippen molar-refractivity contribution in [1.82, 2.24) is 10.2 Å². The first-order valence-corrected chi connectivity index (χ1v) is 15.7. The average Bonchev–Trinajstić information content (AvgIpc) is 3.01. The lowest BCUT2D eigenvalue weighted by Crippen LogP contribution is -2.40. The van der Waals surface area contributed by atoms with Crippen molar-refractivity contribution in [1.29, 1.82) is 0 Å². The number of ether oxygens (including phenoxy) is 1. The number of aliphatic carboxylic acids is 1. The van der Waals surface area contributed by atoms with Crippen molar-refractivity contribution in [2.75, 3.05) is 37.2 Å². The van der Waals surface area contributed by atoms with Gasteiger partial charge in [0.15, 0.2) is 0 Å². The van der Waals surface area contributed by atoms with E-state index in [1.165, 1.54) is 24.3 Å². The van der Waals surface area contributed by atoms with Crippen LogP contribution < -0.4 is 9.62 Å². The molecule has 0 spiro atoms. The number of amides is 2. The van der Waals surface area contributed by atoms with E-state index in [-0.39, 0.29) is 38.6 Å². The molecule has 2 N–H and O–H groups in total. The minimum atomic E-state index is -4.44. The summed E-state index contributed by atoms with van der Waals surface area (Å²) >= 11 is 12.1. The van der Waals surface area contributed by atoms with Crippen molar-refractivity contribution < 1.29 is 32.6 Å². The number of morpholine rings is 1. The van der Waals surface area contributed by atoms with Gasteiger partial charge in [-0.3, -0.25) is 18.7 Å². The van der Waals surface area contributed by atoms with Gasteiger partial charge in [-0.15, -0.1) is 0 Å². The highest BCUT2D eigenvalue weighted by atomic mass is 35.5. The predicted molar refractivity (Wildman–Crippen MR) is 167 cm³/mol. The molecule has 2 amide bonds. The number of halogens is 2. The lowest BCUT2D eigenvalue weighted by molar-refractivity contribution is -0.135. The highest BCUT2D eigenvalue weighted by Gasteiger charge is 2.29. The van der Waals surface area contributed by atoms with Crippen molar-refractivity contribution in [3.05, 3.63) is 106 Å². The molecule has 0 saturated carbocycles. The van der Waals surface area contributed by atoms with E-state index in [2.05, 4.69) is 5.32 Å². The highest BCUT2D eigenvalue weighted by molar-refractivity contribution is 7.93. The van der Waals surface area contributed by atoms with Crippen LogP contribution in [0.3, 0.4) is 0 Å². The summed E-state index contributed by atoms with van der Waals surface area (Å²) in [5.74, 6) is -1.93. The Morgan fingerprint density at radius 3 is 2.25 bits per heavy atom. The molecular weight excluding hydrogens is 629 g/mol. The van der Waals surface area contributed by atoms with Crippen LogP contribution in [0.1, 0.15) is 26.3 Å². The Labute approximate surface area is 263 Å². The smallest absolute Gasteiger partial charge is 0.324 e. The number of benzene rings is 4. The summed E-state index contributed by atoms with van der Waals surface area (Å²) in [5.41, 5.74) is 1.54. The van der Waals surface area contributed by atoms with Gasteiger partial charge in [-0.05, 0) is 53.4 Å². The van der Waals surface area contributed by atoms with Crippen LogP contribution in [0.4, 0.5) is 5.69 Å². The molecular formula is C31H27Cl2N3O7S. The molecule has 1 aliphatic rings. The minimum Gasteiger partial charge on any atom is -0.480 e. The topological polar surface area (TPSA) is 133 Å². The molecule has 0 atom stereocenters. The van der Waals surface area contributed by atoms with Gasteiger partial charge in [-0.25, -0.2) is 8.42 Å². The zero-order valence-electron chi connectivity index (χ0n) is 23.2. The molecule has 13 heteroatoms. The molecule has 228 valence electrons. The van der Waals surface area contributed by atoms with Crippen LogP contribution in [-0.2, 0) is 26.1 Å². The van der Waals surface area contributed by atoms with E-state index in [1.807, 2.05) is 0 Å². The summed E-state index contributed by atoms with van der Waals surface area (Å²) in [5, 5.41) is 13.4. The van der Waals surface area contributed by atoms with Gasteiger partial charge in [0, 0.05) is 46.2 Å². The van der Waals surface area contributed by atoms with Gasteiger partial charge in [0.05, 0.1) is 23.8 Å². The van der Waals surface area contributed by atoms with Crippen LogP contribution >= 0.6 is 23.2 Å². The zero-order valence-corrected chi connectivity index (χ0v) is 25.5. The van der Waals surface area contributed by atoms with Crippen LogP contribution in [0.5, 0.6) is 0 Å². The lowest BCUT2D eigenvalue weighted by Gasteiger charge is -2.27. The van der Waals surface area contributed by atoms with E-state index in [0.717, 1.165) is 9.87 Å². The van der Waals surface area contributed by atoms with Crippen LogP contribution in [0, 0.1) is 0 Å². The second-order valence-corrected chi connectivity index (χ2v) is 12.7. The third kappa shape index (κ3) is 6.81. The summed E-state index contributed by atoms with van der Waals surface area (Å²) in [6.45, 7) is 1.25. The number of carbonyl (C=O) groups is 3. The predicted octanol–water partition coefficient (Wildman–Crippen LogP) is 4.83. The lowest BCUT2D eigenvalue weighted by atomic mass is 10.0. The number of carboxylic acid groups (broad SMARTS) is 1. The molecule has 0 radical (unpaired) electrons. The summed E-state index contributed by atoms with van der Waals surface area (Å²) in [7, 11) is -4.44. The summed E-state index contributed by atoms with van der Waals surface area (Å²) in [6.07, 6.45) is 0. The molecule has 1 aliphatic heterocycles. The van der Waals surface area contributed by atoms with Gasteiger partial charge in [0.2, 0.25) is 0 Å². The van der Waals surface area contributed by atoms with Gasteiger partial charge in [-0.2, -0.15) is 0 Å². The van der Waals surface area contributed by atoms with Crippen molar-refractivity contribution >= 4 is 67.5 Å². The molecule has 1 fully saturated rings. The molecule has 10 nitrogen and oxygen atoms in total. The Morgan fingerprint density at radius 2 is 1.55 bits per heavy atom. The van der Waals surface area contributed by atoms with Crippen molar-refractivity contribution in [2.24, 2.45) is 0 Å². The maximum absolute atomic E-state index is 13.7. The summed E-state index contributed by atoms with van der Waals surface area (Å²) in [4.78, 5) is 39.6. The minimum absolute atomic E-state index is 0.0602. The van der Waals surface area contributed by atoms with E-state index in [0.29, 0.717) is 42.6 Å². The number of hydrogen-bond acceptors (Lipinski definition) is 6. The number of nitrogens with one attached hydrogen (secondary N) is 1. The number of fused-ring (bicyclic) bond motifs is 1. The van der Waals surface area contributed by atoms with Crippen LogP contribution in [0.2, 0.25) is 10.0 Å². The number of hydrogen-bond donors (Lipinski definition) is 2. The van der Waals surface area contributed by atoms with Crippen LogP contribution in [0.25, 0.3) is 10.8 Å².